The highest BCUT2D eigenvalue weighted by Gasteiger charge is 2.20. The summed E-state index contributed by atoms with van der Waals surface area (Å²) in [5.74, 6) is 0.378. The third kappa shape index (κ3) is 6.18. The summed E-state index contributed by atoms with van der Waals surface area (Å²) < 4.78 is 41.3. The van der Waals surface area contributed by atoms with Crippen LogP contribution >= 0.6 is 0 Å². The highest BCUT2D eigenvalue weighted by Crippen LogP contribution is 2.31. The summed E-state index contributed by atoms with van der Waals surface area (Å²) in [6, 6.07) is 28.9. The minimum absolute atomic E-state index is 0.0140. The molecule has 0 bridgehead atoms. The molecular formula is C27H23NO6S. The molecule has 0 aliphatic carbocycles. The fourth-order valence-electron chi connectivity index (χ4n) is 3.21. The van der Waals surface area contributed by atoms with Crippen molar-refractivity contribution in [3.05, 3.63) is 114 Å². The first-order valence-electron chi connectivity index (χ1n) is 10.7. The third-order valence-corrected chi connectivity index (χ3v) is 6.27. The second-order valence-electron chi connectivity index (χ2n) is 7.47. The van der Waals surface area contributed by atoms with Gasteiger partial charge in [-0.2, -0.15) is 8.42 Å². The number of anilines is 1. The minimum Gasteiger partial charge on any atom is -0.493 e. The zero-order valence-corrected chi connectivity index (χ0v) is 19.7. The Kier molecular flexibility index (Phi) is 7.32. The van der Waals surface area contributed by atoms with Crippen LogP contribution in [0.2, 0.25) is 0 Å². The van der Waals surface area contributed by atoms with Crippen LogP contribution in [0.5, 0.6) is 17.2 Å². The second kappa shape index (κ2) is 10.8. The lowest BCUT2D eigenvalue weighted by Gasteiger charge is -2.12. The maximum Gasteiger partial charge on any atom is 0.339 e. The van der Waals surface area contributed by atoms with Crippen molar-refractivity contribution in [2.24, 2.45) is 0 Å². The molecule has 178 valence electrons. The van der Waals surface area contributed by atoms with Crippen LogP contribution in [0, 0.1) is 0 Å². The van der Waals surface area contributed by atoms with Crippen molar-refractivity contribution >= 4 is 21.7 Å². The summed E-state index contributed by atoms with van der Waals surface area (Å²) in [6.45, 7) is 0.445. The molecule has 0 saturated heterocycles. The van der Waals surface area contributed by atoms with Crippen molar-refractivity contribution in [2.75, 3.05) is 12.4 Å². The van der Waals surface area contributed by atoms with Gasteiger partial charge < -0.3 is 19.0 Å². The monoisotopic (exact) mass is 489 g/mol. The van der Waals surface area contributed by atoms with Crippen LogP contribution in [0.15, 0.2) is 108 Å². The van der Waals surface area contributed by atoms with E-state index in [9.17, 15) is 13.2 Å². The zero-order valence-electron chi connectivity index (χ0n) is 18.9. The molecule has 0 aromatic heterocycles. The standard InChI is InChI=1S/C27H23NO6S/c1-32-26-18-21(12-17-25(26)34-35(30,31)24-10-6-3-7-11-24)27(29)28-22-13-15-23(16-14-22)33-19-20-8-4-2-5-9-20/h2-18H,19H2,1H3,(H,28,29). The number of hydrogen-bond acceptors (Lipinski definition) is 6. The Labute approximate surface area is 204 Å². The van der Waals surface area contributed by atoms with Crippen LogP contribution in [0.3, 0.4) is 0 Å². The molecule has 0 radical (unpaired) electrons. The Morgan fingerprint density at radius 3 is 2.11 bits per heavy atom. The van der Waals surface area contributed by atoms with Crippen LogP contribution in [0.4, 0.5) is 5.69 Å². The maximum absolute atomic E-state index is 12.7. The largest absolute Gasteiger partial charge is 0.493 e. The molecule has 8 heteroatoms. The van der Waals surface area contributed by atoms with Gasteiger partial charge in [-0.15, -0.1) is 0 Å². The first-order chi connectivity index (χ1) is 16.9. The minimum atomic E-state index is -4.05. The Hall–Kier alpha value is -4.30. The summed E-state index contributed by atoms with van der Waals surface area (Å²) >= 11 is 0. The molecule has 0 unspecified atom stereocenters. The lowest BCUT2D eigenvalue weighted by atomic mass is 10.2. The number of rotatable bonds is 9. The predicted octanol–water partition coefficient (Wildman–Crippen LogP) is 5.29. The summed E-state index contributed by atoms with van der Waals surface area (Å²) in [4.78, 5) is 12.8. The molecule has 35 heavy (non-hydrogen) atoms. The first-order valence-corrected chi connectivity index (χ1v) is 12.1. The Bertz CT molecular complexity index is 1390. The number of hydrogen-bond donors (Lipinski definition) is 1. The van der Waals surface area contributed by atoms with E-state index >= 15 is 0 Å². The van der Waals surface area contributed by atoms with E-state index in [-0.39, 0.29) is 22.0 Å². The average Bonchev–Trinajstić information content (AvgIpc) is 2.89. The number of carbonyl (C=O) groups excluding carboxylic acids is 1. The molecule has 4 aromatic rings. The number of ether oxygens (including phenoxy) is 2. The van der Waals surface area contributed by atoms with E-state index < -0.39 is 16.0 Å². The average molecular weight is 490 g/mol. The maximum atomic E-state index is 12.7. The van der Waals surface area contributed by atoms with Crippen LogP contribution in [0.25, 0.3) is 0 Å². The summed E-state index contributed by atoms with van der Waals surface area (Å²) in [6.07, 6.45) is 0. The summed E-state index contributed by atoms with van der Waals surface area (Å²) in [5.41, 5.74) is 1.91. The van der Waals surface area contributed by atoms with Crippen LogP contribution < -0.4 is 19.0 Å². The van der Waals surface area contributed by atoms with Gasteiger partial charge in [-0.05, 0) is 60.2 Å². The van der Waals surface area contributed by atoms with E-state index in [1.165, 1.54) is 37.4 Å². The van der Waals surface area contributed by atoms with Gasteiger partial charge in [0.05, 0.1) is 7.11 Å². The Morgan fingerprint density at radius 1 is 0.800 bits per heavy atom. The Morgan fingerprint density at radius 2 is 1.46 bits per heavy atom. The molecule has 0 fully saturated rings. The fraction of sp³-hybridized carbons (Fsp3) is 0.0741. The highest BCUT2D eigenvalue weighted by atomic mass is 32.2. The van der Waals surface area contributed by atoms with Crippen LogP contribution in [-0.2, 0) is 16.7 Å². The van der Waals surface area contributed by atoms with Crippen molar-refractivity contribution < 1.29 is 26.9 Å². The van der Waals surface area contributed by atoms with Gasteiger partial charge in [0.25, 0.3) is 5.91 Å². The van der Waals surface area contributed by atoms with Crippen LogP contribution in [0.1, 0.15) is 15.9 Å². The van der Waals surface area contributed by atoms with Gasteiger partial charge in [0, 0.05) is 11.3 Å². The third-order valence-electron chi connectivity index (χ3n) is 5.02. The number of nitrogens with one attached hydrogen (secondary N) is 1. The topological polar surface area (TPSA) is 90.9 Å². The van der Waals surface area contributed by atoms with Gasteiger partial charge in [-0.1, -0.05) is 48.5 Å². The molecule has 0 aliphatic rings. The van der Waals surface area contributed by atoms with Gasteiger partial charge in [0.1, 0.15) is 17.3 Å². The van der Waals surface area contributed by atoms with Crippen molar-refractivity contribution in [3.63, 3.8) is 0 Å². The van der Waals surface area contributed by atoms with Crippen molar-refractivity contribution in [1.82, 2.24) is 0 Å². The van der Waals surface area contributed by atoms with E-state index in [1.807, 2.05) is 30.3 Å². The van der Waals surface area contributed by atoms with E-state index in [0.717, 1.165) is 5.56 Å². The Balaban J connectivity index is 1.41. The first kappa shape index (κ1) is 23.8. The van der Waals surface area contributed by atoms with Gasteiger partial charge in [0.2, 0.25) is 0 Å². The molecule has 0 heterocycles. The van der Waals surface area contributed by atoms with Gasteiger partial charge in [-0.3, -0.25) is 4.79 Å². The fourth-order valence-corrected chi connectivity index (χ4v) is 4.17. The molecule has 7 nitrogen and oxygen atoms in total. The quantitative estimate of drug-likeness (QED) is 0.321. The number of amides is 1. The smallest absolute Gasteiger partial charge is 0.339 e. The van der Waals surface area contributed by atoms with Gasteiger partial charge >= 0.3 is 10.1 Å². The molecule has 0 spiro atoms. The number of carbonyl (C=O) groups is 1. The molecule has 0 saturated carbocycles. The molecule has 4 aromatic carbocycles. The van der Waals surface area contributed by atoms with Crippen LogP contribution in [-0.4, -0.2) is 21.4 Å². The lowest BCUT2D eigenvalue weighted by molar-refractivity contribution is 0.102. The molecule has 1 N–H and O–H groups in total. The second-order valence-corrected chi connectivity index (χ2v) is 9.02. The molecule has 4 rings (SSSR count). The molecule has 0 aliphatic heterocycles. The van der Waals surface area contributed by atoms with E-state index in [4.69, 9.17) is 13.7 Å². The SMILES string of the molecule is COc1cc(C(=O)Nc2ccc(OCc3ccccc3)cc2)ccc1OS(=O)(=O)c1ccccc1. The molecule has 0 atom stereocenters. The van der Waals surface area contributed by atoms with Gasteiger partial charge in [0.15, 0.2) is 11.5 Å². The number of benzene rings is 4. The molecular weight excluding hydrogens is 466 g/mol. The van der Waals surface area contributed by atoms with E-state index in [1.54, 1.807) is 42.5 Å². The zero-order chi connectivity index (χ0) is 24.7. The normalized spacial score (nSPS) is 10.9. The van der Waals surface area contributed by atoms with Crippen molar-refractivity contribution in [3.8, 4) is 17.2 Å². The number of methoxy groups -OCH3 is 1. The molecule has 1 amide bonds. The van der Waals surface area contributed by atoms with Crippen molar-refractivity contribution in [1.29, 1.82) is 0 Å². The summed E-state index contributed by atoms with van der Waals surface area (Å²) in [5, 5.41) is 2.79. The lowest BCUT2D eigenvalue weighted by Crippen LogP contribution is -2.13. The van der Waals surface area contributed by atoms with E-state index in [2.05, 4.69) is 5.32 Å². The van der Waals surface area contributed by atoms with Gasteiger partial charge in [-0.25, -0.2) is 0 Å². The summed E-state index contributed by atoms with van der Waals surface area (Å²) in [7, 11) is -2.68. The highest BCUT2D eigenvalue weighted by molar-refractivity contribution is 7.87. The predicted molar refractivity (Wildman–Crippen MR) is 132 cm³/mol. The van der Waals surface area contributed by atoms with E-state index in [0.29, 0.717) is 18.0 Å². The van der Waals surface area contributed by atoms with Crippen molar-refractivity contribution in [2.45, 2.75) is 11.5 Å².